The Morgan fingerprint density at radius 1 is 1.29 bits per heavy atom. The van der Waals surface area contributed by atoms with Crippen molar-refractivity contribution in [2.24, 2.45) is 0 Å². The zero-order valence-electron chi connectivity index (χ0n) is 20.8. The maximum absolute atomic E-state index is 13.8. The average Bonchev–Trinajstić information content (AvgIpc) is 3.52. The molecule has 1 aliphatic rings. The molecule has 198 valence electrons. The van der Waals surface area contributed by atoms with Crippen molar-refractivity contribution in [3.63, 3.8) is 0 Å². The second-order valence-corrected chi connectivity index (χ2v) is 9.14. The molecule has 0 aliphatic carbocycles. The second kappa shape index (κ2) is 11.7. The zero-order valence-corrected chi connectivity index (χ0v) is 21.5. The van der Waals surface area contributed by atoms with Gasteiger partial charge in [-0.05, 0) is 24.3 Å². The molecule has 5 rings (SSSR count). The highest BCUT2D eigenvalue weighted by Crippen LogP contribution is 2.37. The van der Waals surface area contributed by atoms with Crippen LogP contribution in [0.25, 0.3) is 16.9 Å². The number of alkyl halides is 1. The average molecular weight is 540 g/mol. The Hall–Kier alpha value is -3.80. The van der Waals surface area contributed by atoms with E-state index in [1.807, 2.05) is 6.08 Å². The highest BCUT2D eigenvalue weighted by Gasteiger charge is 2.21. The Morgan fingerprint density at radius 2 is 2.11 bits per heavy atom. The lowest BCUT2D eigenvalue weighted by Gasteiger charge is -2.25. The molecule has 4 aromatic rings. The lowest BCUT2D eigenvalue weighted by molar-refractivity contribution is 0.0434. The molecule has 12 heteroatoms. The van der Waals surface area contributed by atoms with Gasteiger partial charge in [0.05, 0.1) is 31.6 Å². The third-order valence-electron chi connectivity index (χ3n) is 5.95. The van der Waals surface area contributed by atoms with Gasteiger partial charge in [0.25, 0.3) is 5.91 Å². The SMILES string of the molecule is CC(F)Oc1ccc(Cl)cc1-c1nn(C/C=C/CN2CCOCC2)cc1NC(=O)c1cnn2cccnc12. The first kappa shape index (κ1) is 25.8. The van der Waals surface area contributed by atoms with Crippen molar-refractivity contribution < 1.29 is 18.7 Å². The number of aromatic nitrogens is 5. The molecule has 0 saturated carbocycles. The summed E-state index contributed by atoms with van der Waals surface area (Å²) in [6.07, 6.45) is 9.00. The van der Waals surface area contributed by atoms with Crippen LogP contribution in [-0.4, -0.2) is 74.4 Å². The molecule has 1 aliphatic heterocycles. The number of allylic oxidation sites excluding steroid dienone is 1. The maximum Gasteiger partial charge on any atom is 0.261 e. The normalized spacial score (nSPS) is 15.2. The number of carbonyl (C=O) groups is 1. The molecule has 38 heavy (non-hydrogen) atoms. The number of halogens is 2. The minimum absolute atomic E-state index is 0.255. The Balaban J connectivity index is 1.44. The number of benzene rings is 1. The van der Waals surface area contributed by atoms with Gasteiger partial charge in [-0.1, -0.05) is 23.8 Å². The molecule has 3 aromatic heterocycles. The fourth-order valence-corrected chi connectivity index (χ4v) is 4.31. The van der Waals surface area contributed by atoms with Crippen LogP contribution in [0.5, 0.6) is 5.75 Å². The number of anilines is 1. The fourth-order valence-electron chi connectivity index (χ4n) is 4.14. The van der Waals surface area contributed by atoms with Crippen molar-refractivity contribution in [2.75, 3.05) is 38.2 Å². The van der Waals surface area contributed by atoms with E-state index in [1.54, 1.807) is 47.5 Å². The molecule has 10 nitrogen and oxygen atoms in total. The summed E-state index contributed by atoms with van der Waals surface area (Å²) >= 11 is 6.28. The van der Waals surface area contributed by atoms with Gasteiger partial charge in [0.2, 0.25) is 6.36 Å². The summed E-state index contributed by atoms with van der Waals surface area (Å²) in [5, 5.41) is 12.2. The van der Waals surface area contributed by atoms with Crippen LogP contribution in [0, 0.1) is 0 Å². The van der Waals surface area contributed by atoms with Crippen molar-refractivity contribution in [1.82, 2.24) is 29.3 Å². The third kappa shape index (κ3) is 6.01. The Kier molecular flexibility index (Phi) is 7.97. The highest BCUT2D eigenvalue weighted by atomic mass is 35.5. The van der Waals surface area contributed by atoms with Crippen molar-refractivity contribution in [2.45, 2.75) is 19.8 Å². The largest absolute Gasteiger partial charge is 0.460 e. The van der Waals surface area contributed by atoms with Crippen LogP contribution in [0.1, 0.15) is 17.3 Å². The molecule has 1 atom stereocenters. The summed E-state index contributed by atoms with van der Waals surface area (Å²) < 4.78 is 27.8. The first-order valence-corrected chi connectivity index (χ1v) is 12.6. The molecule has 1 fully saturated rings. The first-order valence-electron chi connectivity index (χ1n) is 12.2. The van der Waals surface area contributed by atoms with Gasteiger partial charge < -0.3 is 14.8 Å². The summed E-state index contributed by atoms with van der Waals surface area (Å²) in [7, 11) is 0. The van der Waals surface area contributed by atoms with E-state index >= 15 is 0 Å². The van der Waals surface area contributed by atoms with Crippen LogP contribution >= 0.6 is 11.6 Å². The summed E-state index contributed by atoms with van der Waals surface area (Å²) in [6, 6.07) is 6.54. The number of morpholine rings is 1. The second-order valence-electron chi connectivity index (χ2n) is 8.70. The number of hydrogen-bond donors (Lipinski definition) is 1. The highest BCUT2D eigenvalue weighted by molar-refractivity contribution is 6.31. The van der Waals surface area contributed by atoms with Crippen LogP contribution < -0.4 is 10.1 Å². The summed E-state index contributed by atoms with van der Waals surface area (Å²) in [4.78, 5) is 19.8. The number of nitrogens with one attached hydrogen (secondary N) is 1. The predicted molar refractivity (Wildman–Crippen MR) is 141 cm³/mol. The molecule has 1 N–H and O–H groups in total. The molecule has 1 saturated heterocycles. The van der Waals surface area contributed by atoms with E-state index in [4.69, 9.17) is 26.2 Å². The number of nitrogens with zero attached hydrogens (tertiary/aromatic N) is 6. The maximum atomic E-state index is 13.8. The smallest absolute Gasteiger partial charge is 0.261 e. The number of carbonyl (C=O) groups excluding carboxylic acids is 1. The lowest BCUT2D eigenvalue weighted by atomic mass is 10.1. The van der Waals surface area contributed by atoms with Gasteiger partial charge in [-0.3, -0.25) is 14.4 Å². The van der Waals surface area contributed by atoms with Crippen LogP contribution in [-0.2, 0) is 11.3 Å². The molecule has 1 aromatic carbocycles. The molecule has 0 bridgehead atoms. The van der Waals surface area contributed by atoms with Crippen molar-refractivity contribution in [3.05, 3.63) is 71.8 Å². The molecular formula is C26H27ClFN7O3. The van der Waals surface area contributed by atoms with Crippen LogP contribution in [0.2, 0.25) is 5.02 Å². The topological polar surface area (TPSA) is 98.8 Å². The predicted octanol–water partition coefficient (Wildman–Crippen LogP) is 4.08. The molecule has 1 amide bonds. The molecule has 4 heterocycles. The Bertz CT molecular complexity index is 1450. The van der Waals surface area contributed by atoms with E-state index in [9.17, 15) is 9.18 Å². The minimum atomic E-state index is -1.55. The molecule has 0 spiro atoms. The van der Waals surface area contributed by atoms with Gasteiger partial charge in [0.1, 0.15) is 17.0 Å². The Morgan fingerprint density at radius 3 is 2.92 bits per heavy atom. The quantitative estimate of drug-likeness (QED) is 0.320. The number of amides is 1. The summed E-state index contributed by atoms with van der Waals surface area (Å²) in [5.74, 6) is -0.156. The monoisotopic (exact) mass is 539 g/mol. The van der Waals surface area contributed by atoms with E-state index in [-0.39, 0.29) is 5.75 Å². The van der Waals surface area contributed by atoms with Gasteiger partial charge in [-0.2, -0.15) is 10.2 Å². The zero-order chi connectivity index (χ0) is 26.5. The number of hydrogen-bond acceptors (Lipinski definition) is 7. The van der Waals surface area contributed by atoms with Crippen LogP contribution in [0.15, 0.2) is 61.2 Å². The molecule has 1 unspecified atom stereocenters. The number of fused-ring (bicyclic) bond motifs is 1. The van der Waals surface area contributed by atoms with Crippen molar-refractivity contribution in [1.29, 1.82) is 0 Å². The van der Waals surface area contributed by atoms with Crippen molar-refractivity contribution >= 4 is 28.8 Å². The van der Waals surface area contributed by atoms with E-state index < -0.39 is 12.3 Å². The van der Waals surface area contributed by atoms with E-state index in [0.717, 1.165) is 32.8 Å². The minimum Gasteiger partial charge on any atom is -0.460 e. The van der Waals surface area contributed by atoms with Gasteiger partial charge in [-0.15, -0.1) is 0 Å². The Labute approximate surface area is 223 Å². The molecule has 0 radical (unpaired) electrons. The fraction of sp³-hybridized carbons (Fsp3) is 0.308. The van der Waals surface area contributed by atoms with Crippen molar-refractivity contribution in [3.8, 4) is 17.0 Å². The number of rotatable bonds is 9. The summed E-state index contributed by atoms with van der Waals surface area (Å²) in [5.41, 5.74) is 1.97. The van der Waals surface area contributed by atoms with Crippen LogP contribution in [0.4, 0.5) is 10.1 Å². The van der Waals surface area contributed by atoms with E-state index in [0.29, 0.717) is 39.7 Å². The van der Waals surface area contributed by atoms with Gasteiger partial charge in [-0.25, -0.2) is 13.9 Å². The number of ether oxygens (including phenoxy) is 2. The van der Waals surface area contributed by atoms with E-state index in [1.165, 1.54) is 17.6 Å². The first-order chi connectivity index (χ1) is 18.5. The van der Waals surface area contributed by atoms with Crippen LogP contribution in [0.3, 0.4) is 0 Å². The standard InChI is InChI=1S/C26H27ClFN7O3/c1-18(28)38-23-6-5-19(27)15-20(23)24-22(31-26(36)21-16-30-35-10-4-7-29-25(21)35)17-34(32-24)9-3-2-8-33-11-13-37-14-12-33/h2-7,10,15-18H,8-9,11-14H2,1H3,(H,31,36)/b3-2+. The van der Waals surface area contributed by atoms with Gasteiger partial charge in [0.15, 0.2) is 5.65 Å². The van der Waals surface area contributed by atoms with Gasteiger partial charge >= 0.3 is 0 Å². The van der Waals surface area contributed by atoms with E-state index in [2.05, 4.69) is 26.4 Å². The van der Waals surface area contributed by atoms with Gasteiger partial charge in [0, 0.05) is 55.7 Å². The lowest BCUT2D eigenvalue weighted by Crippen LogP contribution is -2.36. The molecular weight excluding hydrogens is 513 g/mol. The summed E-state index contributed by atoms with van der Waals surface area (Å²) in [6.45, 7) is 5.83. The third-order valence-corrected chi connectivity index (χ3v) is 6.18.